The van der Waals surface area contributed by atoms with E-state index in [1.165, 1.54) is 24.2 Å². The van der Waals surface area contributed by atoms with Crippen molar-refractivity contribution in [3.05, 3.63) is 77.3 Å². The summed E-state index contributed by atoms with van der Waals surface area (Å²) in [5.74, 6) is 0.208. The van der Waals surface area contributed by atoms with Gasteiger partial charge in [-0.15, -0.1) is 0 Å². The maximum absolute atomic E-state index is 11.8. The molecular weight excluding hydrogens is 346 g/mol. The van der Waals surface area contributed by atoms with Crippen LogP contribution >= 0.6 is 23.4 Å². The molecule has 5 nitrogen and oxygen atoms in total. The summed E-state index contributed by atoms with van der Waals surface area (Å²) in [6, 6.07) is 14.4. The van der Waals surface area contributed by atoms with Crippen LogP contribution in [0.15, 0.2) is 80.4 Å². The first kappa shape index (κ1) is 16.3. The van der Waals surface area contributed by atoms with Crippen molar-refractivity contribution < 1.29 is 9.21 Å². The van der Waals surface area contributed by atoms with E-state index < -0.39 is 0 Å². The Labute approximate surface area is 147 Å². The molecule has 0 atom stereocenters. The molecule has 0 aliphatic heterocycles. The zero-order valence-electron chi connectivity index (χ0n) is 12.3. The zero-order chi connectivity index (χ0) is 16.8. The molecule has 1 aromatic carbocycles. The molecule has 0 spiro atoms. The lowest BCUT2D eigenvalue weighted by Gasteiger charge is -1.98. The second kappa shape index (κ2) is 7.81. The van der Waals surface area contributed by atoms with Crippen molar-refractivity contribution in [2.45, 2.75) is 9.99 Å². The molecule has 0 aliphatic rings. The number of pyridine rings is 1. The summed E-state index contributed by atoms with van der Waals surface area (Å²) in [4.78, 5) is 16.7. The van der Waals surface area contributed by atoms with Gasteiger partial charge in [-0.3, -0.25) is 9.78 Å². The Morgan fingerprint density at radius 3 is 2.79 bits per heavy atom. The Bertz CT molecular complexity index is 848. The predicted octanol–water partition coefficient (Wildman–Crippen LogP) is 4.24. The van der Waals surface area contributed by atoms with Crippen molar-refractivity contribution in [3.8, 4) is 0 Å². The number of hydrogen-bond donors (Lipinski definition) is 1. The highest BCUT2D eigenvalue weighted by Crippen LogP contribution is 2.29. The Balaban J connectivity index is 1.57. The van der Waals surface area contributed by atoms with Crippen LogP contribution in [0.2, 0.25) is 5.02 Å². The standard InChI is InChI=1S/C17H12ClN3O2S/c18-13-3-6-15(7-4-13)24-16-8-5-14(23-16)11-20-21-17(22)12-2-1-9-19-10-12/h1-11H,(H,21,22)/b20-11+. The van der Waals surface area contributed by atoms with Crippen LogP contribution in [0.5, 0.6) is 0 Å². The van der Waals surface area contributed by atoms with Gasteiger partial charge in [-0.2, -0.15) is 5.10 Å². The van der Waals surface area contributed by atoms with Crippen LogP contribution in [0.3, 0.4) is 0 Å². The summed E-state index contributed by atoms with van der Waals surface area (Å²) in [5, 5.41) is 5.29. The van der Waals surface area contributed by atoms with E-state index in [0.717, 1.165) is 9.99 Å². The minimum absolute atomic E-state index is 0.332. The number of halogens is 1. The van der Waals surface area contributed by atoms with Gasteiger partial charge in [0.2, 0.25) is 0 Å². The highest BCUT2D eigenvalue weighted by Gasteiger charge is 2.05. The summed E-state index contributed by atoms with van der Waals surface area (Å²) in [6.07, 6.45) is 4.52. The number of hydrogen-bond acceptors (Lipinski definition) is 5. The third-order valence-electron chi connectivity index (χ3n) is 2.92. The largest absolute Gasteiger partial charge is 0.448 e. The van der Waals surface area contributed by atoms with E-state index in [1.807, 2.05) is 30.3 Å². The van der Waals surface area contributed by atoms with Gasteiger partial charge < -0.3 is 4.42 Å². The number of hydrazone groups is 1. The van der Waals surface area contributed by atoms with E-state index in [4.69, 9.17) is 16.0 Å². The first-order valence-electron chi connectivity index (χ1n) is 6.97. The minimum Gasteiger partial charge on any atom is -0.448 e. The summed E-state index contributed by atoms with van der Waals surface area (Å²) >= 11 is 7.33. The fraction of sp³-hybridized carbons (Fsp3) is 0. The first-order valence-corrected chi connectivity index (χ1v) is 8.17. The van der Waals surface area contributed by atoms with Crippen LogP contribution in [0, 0.1) is 0 Å². The number of rotatable bonds is 5. The van der Waals surface area contributed by atoms with Crippen molar-refractivity contribution in [2.24, 2.45) is 5.10 Å². The first-order chi connectivity index (χ1) is 11.7. The van der Waals surface area contributed by atoms with Crippen molar-refractivity contribution in [1.82, 2.24) is 10.4 Å². The van der Waals surface area contributed by atoms with Gasteiger partial charge in [0, 0.05) is 22.3 Å². The average molecular weight is 358 g/mol. The maximum Gasteiger partial charge on any atom is 0.272 e. The lowest BCUT2D eigenvalue weighted by Crippen LogP contribution is -2.17. The molecular formula is C17H12ClN3O2S. The average Bonchev–Trinajstić information content (AvgIpc) is 3.05. The molecule has 0 fully saturated rings. The van der Waals surface area contributed by atoms with Crippen LogP contribution in [0.25, 0.3) is 0 Å². The van der Waals surface area contributed by atoms with Crippen molar-refractivity contribution >= 4 is 35.5 Å². The number of aromatic nitrogens is 1. The van der Waals surface area contributed by atoms with Crippen LogP contribution < -0.4 is 5.43 Å². The number of nitrogens with one attached hydrogen (secondary N) is 1. The second-order valence-electron chi connectivity index (χ2n) is 4.65. The molecule has 1 amide bonds. The topological polar surface area (TPSA) is 67.5 Å². The van der Waals surface area contributed by atoms with Gasteiger partial charge in [-0.25, -0.2) is 5.43 Å². The molecule has 3 rings (SSSR count). The number of carbonyl (C=O) groups excluding carboxylic acids is 1. The molecule has 24 heavy (non-hydrogen) atoms. The Morgan fingerprint density at radius 1 is 1.21 bits per heavy atom. The van der Waals surface area contributed by atoms with Crippen LogP contribution in [0.4, 0.5) is 0 Å². The summed E-state index contributed by atoms with van der Waals surface area (Å²) in [6.45, 7) is 0. The van der Waals surface area contributed by atoms with Crippen molar-refractivity contribution in [2.75, 3.05) is 0 Å². The minimum atomic E-state index is -0.332. The molecule has 3 aromatic rings. The molecule has 0 aliphatic carbocycles. The highest BCUT2D eigenvalue weighted by molar-refractivity contribution is 7.99. The van der Waals surface area contributed by atoms with Crippen molar-refractivity contribution in [3.63, 3.8) is 0 Å². The molecule has 0 saturated carbocycles. The number of furan rings is 1. The normalized spacial score (nSPS) is 10.9. The van der Waals surface area contributed by atoms with E-state index in [0.29, 0.717) is 16.3 Å². The lowest BCUT2D eigenvalue weighted by molar-refractivity contribution is 0.0954. The zero-order valence-corrected chi connectivity index (χ0v) is 13.9. The predicted molar refractivity (Wildman–Crippen MR) is 93.6 cm³/mol. The van der Waals surface area contributed by atoms with E-state index >= 15 is 0 Å². The Hall–Kier alpha value is -2.57. The Kier molecular flexibility index (Phi) is 5.30. The SMILES string of the molecule is O=C(N/N=C/c1ccc(Sc2ccc(Cl)cc2)o1)c1cccnc1. The molecule has 0 unspecified atom stereocenters. The fourth-order valence-corrected chi connectivity index (χ4v) is 2.70. The van der Waals surface area contributed by atoms with Crippen LogP contribution in [0.1, 0.15) is 16.1 Å². The molecule has 0 saturated heterocycles. The van der Waals surface area contributed by atoms with Gasteiger partial charge in [-0.05, 0) is 48.5 Å². The molecule has 1 N–H and O–H groups in total. The maximum atomic E-state index is 11.8. The van der Waals surface area contributed by atoms with Crippen LogP contribution in [-0.4, -0.2) is 17.1 Å². The van der Waals surface area contributed by atoms with E-state index in [1.54, 1.807) is 24.4 Å². The third-order valence-corrected chi connectivity index (χ3v) is 4.10. The van der Waals surface area contributed by atoms with Crippen molar-refractivity contribution in [1.29, 1.82) is 0 Å². The van der Waals surface area contributed by atoms with Gasteiger partial charge in [-0.1, -0.05) is 23.4 Å². The summed E-state index contributed by atoms with van der Waals surface area (Å²) in [7, 11) is 0. The van der Waals surface area contributed by atoms with Crippen LogP contribution in [-0.2, 0) is 0 Å². The van der Waals surface area contributed by atoms with E-state index in [9.17, 15) is 4.79 Å². The van der Waals surface area contributed by atoms with Gasteiger partial charge in [0.25, 0.3) is 5.91 Å². The van der Waals surface area contributed by atoms with E-state index in [-0.39, 0.29) is 5.91 Å². The van der Waals surface area contributed by atoms with Gasteiger partial charge in [0.05, 0.1) is 11.8 Å². The quantitative estimate of drug-likeness (QED) is 0.547. The summed E-state index contributed by atoms with van der Waals surface area (Å²) in [5.41, 5.74) is 2.86. The monoisotopic (exact) mass is 357 g/mol. The van der Waals surface area contributed by atoms with Gasteiger partial charge >= 0.3 is 0 Å². The molecule has 120 valence electrons. The number of amides is 1. The lowest BCUT2D eigenvalue weighted by atomic mass is 10.3. The smallest absolute Gasteiger partial charge is 0.272 e. The second-order valence-corrected chi connectivity index (χ2v) is 6.17. The molecule has 2 aromatic heterocycles. The van der Waals surface area contributed by atoms with Gasteiger partial charge in [0.15, 0.2) is 5.09 Å². The molecule has 7 heteroatoms. The Morgan fingerprint density at radius 2 is 2.04 bits per heavy atom. The van der Waals surface area contributed by atoms with E-state index in [2.05, 4.69) is 15.5 Å². The third kappa shape index (κ3) is 4.47. The number of carbonyl (C=O) groups is 1. The highest BCUT2D eigenvalue weighted by atomic mass is 35.5. The van der Waals surface area contributed by atoms with Gasteiger partial charge in [0.1, 0.15) is 5.76 Å². The fourth-order valence-electron chi connectivity index (χ4n) is 1.79. The number of nitrogens with zero attached hydrogens (tertiary/aromatic N) is 2. The summed E-state index contributed by atoms with van der Waals surface area (Å²) < 4.78 is 5.62. The number of benzene rings is 1. The molecule has 0 bridgehead atoms. The molecule has 2 heterocycles. The molecule has 0 radical (unpaired) electrons.